The van der Waals surface area contributed by atoms with E-state index in [0.29, 0.717) is 6.61 Å². The minimum absolute atomic E-state index is 0.271. The third-order valence-corrected chi connectivity index (χ3v) is 3.11. The second-order valence-corrected chi connectivity index (χ2v) is 5.10. The zero-order chi connectivity index (χ0) is 15.0. The molecule has 0 bridgehead atoms. The van der Waals surface area contributed by atoms with Gasteiger partial charge in [-0.2, -0.15) is 0 Å². The Morgan fingerprint density at radius 2 is 1.90 bits per heavy atom. The molecule has 0 aromatic heterocycles. The second-order valence-electron chi connectivity index (χ2n) is 5.10. The molecule has 0 amide bonds. The first-order valence-electron chi connectivity index (χ1n) is 7.09. The molecule has 0 saturated carbocycles. The highest BCUT2D eigenvalue weighted by Gasteiger charge is 2.09. The summed E-state index contributed by atoms with van der Waals surface area (Å²) in [5, 5.41) is 3.45. The summed E-state index contributed by atoms with van der Waals surface area (Å²) >= 11 is 0. The average Bonchev–Trinajstić information content (AvgIpc) is 2.43. The number of hydrogen-bond donors (Lipinski definition) is 1. The van der Waals surface area contributed by atoms with Crippen molar-refractivity contribution in [1.82, 2.24) is 5.32 Å². The Kier molecular flexibility index (Phi) is 7.59. The fourth-order valence-electron chi connectivity index (χ4n) is 2.02. The topological polar surface area (TPSA) is 39.7 Å². The Labute approximate surface area is 122 Å². The van der Waals surface area contributed by atoms with Crippen molar-refractivity contribution in [3.63, 3.8) is 0 Å². The molecule has 0 radical (unpaired) electrons. The Balaban J connectivity index is 2.58. The highest BCUT2D eigenvalue weighted by atomic mass is 16.5. The van der Waals surface area contributed by atoms with E-state index in [9.17, 15) is 0 Å². The highest BCUT2D eigenvalue weighted by Crippen LogP contribution is 2.23. The minimum Gasteiger partial charge on any atom is -0.496 e. The third-order valence-electron chi connectivity index (χ3n) is 3.11. The normalized spacial score (nSPS) is 12.7. The van der Waals surface area contributed by atoms with Gasteiger partial charge in [-0.15, -0.1) is 0 Å². The van der Waals surface area contributed by atoms with E-state index < -0.39 is 0 Å². The van der Waals surface area contributed by atoms with Crippen LogP contribution in [-0.2, 0) is 16.1 Å². The van der Waals surface area contributed by atoms with Gasteiger partial charge in [-0.05, 0) is 38.5 Å². The fraction of sp³-hybridized carbons (Fsp3) is 0.625. The molecule has 0 aliphatic carbocycles. The van der Waals surface area contributed by atoms with Crippen LogP contribution in [0.25, 0.3) is 0 Å². The smallest absolute Gasteiger partial charge is 0.124 e. The van der Waals surface area contributed by atoms with Crippen molar-refractivity contribution in [2.45, 2.75) is 39.5 Å². The standard InChI is InChI=1S/C16H27NO3/c1-12(2)20-9-8-17-13(3)14-6-7-16(19-5)15(10-14)11-18-4/h6-7,10,12-13,17H,8-9,11H2,1-5H3. The summed E-state index contributed by atoms with van der Waals surface area (Å²) in [6, 6.07) is 6.47. The van der Waals surface area contributed by atoms with E-state index in [4.69, 9.17) is 14.2 Å². The maximum absolute atomic E-state index is 5.52. The van der Waals surface area contributed by atoms with Crippen LogP contribution in [0.2, 0.25) is 0 Å². The number of rotatable bonds is 9. The summed E-state index contributed by atoms with van der Waals surface area (Å²) in [6.07, 6.45) is 0.279. The molecule has 1 unspecified atom stereocenters. The molecule has 0 heterocycles. The lowest BCUT2D eigenvalue weighted by Crippen LogP contribution is -2.24. The summed E-state index contributed by atoms with van der Waals surface area (Å²) in [5.74, 6) is 0.867. The predicted octanol–water partition coefficient (Wildman–Crippen LogP) is 2.92. The summed E-state index contributed by atoms with van der Waals surface area (Å²) < 4.78 is 16.1. The van der Waals surface area contributed by atoms with Crippen molar-refractivity contribution < 1.29 is 14.2 Å². The molecular weight excluding hydrogens is 254 g/mol. The predicted molar refractivity (Wildman–Crippen MR) is 81.2 cm³/mol. The number of ether oxygens (including phenoxy) is 3. The van der Waals surface area contributed by atoms with Gasteiger partial charge in [0.05, 0.1) is 26.4 Å². The van der Waals surface area contributed by atoms with Crippen LogP contribution in [0.15, 0.2) is 18.2 Å². The molecule has 1 aromatic carbocycles. The SMILES string of the molecule is COCc1cc(C(C)NCCOC(C)C)ccc1OC. The van der Waals surface area contributed by atoms with E-state index in [-0.39, 0.29) is 12.1 Å². The molecule has 0 aliphatic rings. The van der Waals surface area contributed by atoms with Crippen LogP contribution in [0, 0.1) is 0 Å². The van der Waals surface area contributed by atoms with E-state index in [1.165, 1.54) is 5.56 Å². The van der Waals surface area contributed by atoms with Crippen LogP contribution in [0.1, 0.15) is 37.9 Å². The van der Waals surface area contributed by atoms with E-state index in [1.807, 2.05) is 19.9 Å². The summed E-state index contributed by atoms with van der Waals surface area (Å²) in [7, 11) is 3.37. The average molecular weight is 281 g/mol. The van der Waals surface area contributed by atoms with Gasteiger partial charge in [0.15, 0.2) is 0 Å². The van der Waals surface area contributed by atoms with Crippen LogP contribution < -0.4 is 10.1 Å². The van der Waals surface area contributed by atoms with Crippen LogP contribution in [0.5, 0.6) is 5.75 Å². The van der Waals surface area contributed by atoms with Crippen molar-refractivity contribution in [1.29, 1.82) is 0 Å². The summed E-state index contributed by atoms with van der Waals surface area (Å²) in [5.41, 5.74) is 2.29. The molecule has 20 heavy (non-hydrogen) atoms. The lowest BCUT2D eigenvalue weighted by molar-refractivity contribution is 0.0796. The van der Waals surface area contributed by atoms with Gasteiger partial charge in [-0.25, -0.2) is 0 Å². The first-order valence-corrected chi connectivity index (χ1v) is 7.09. The Morgan fingerprint density at radius 1 is 1.15 bits per heavy atom. The summed E-state index contributed by atoms with van der Waals surface area (Å²) in [4.78, 5) is 0. The third kappa shape index (κ3) is 5.49. The van der Waals surface area contributed by atoms with Gasteiger partial charge in [0.1, 0.15) is 5.75 Å². The maximum atomic E-state index is 5.52. The van der Waals surface area contributed by atoms with E-state index in [0.717, 1.165) is 24.5 Å². The largest absolute Gasteiger partial charge is 0.496 e. The van der Waals surface area contributed by atoms with Gasteiger partial charge in [-0.1, -0.05) is 6.07 Å². The van der Waals surface area contributed by atoms with Gasteiger partial charge in [-0.3, -0.25) is 0 Å². The highest BCUT2D eigenvalue weighted by molar-refractivity contribution is 5.38. The summed E-state index contributed by atoms with van der Waals surface area (Å²) in [6.45, 7) is 8.36. The van der Waals surface area contributed by atoms with Gasteiger partial charge in [0, 0.05) is 25.3 Å². The Hall–Kier alpha value is -1.10. The van der Waals surface area contributed by atoms with Gasteiger partial charge in [0.25, 0.3) is 0 Å². The lowest BCUT2D eigenvalue weighted by Gasteiger charge is -2.17. The van der Waals surface area contributed by atoms with Crippen LogP contribution in [-0.4, -0.2) is 33.5 Å². The number of methoxy groups -OCH3 is 2. The molecule has 1 N–H and O–H groups in total. The molecule has 0 aliphatic heterocycles. The molecule has 4 heteroatoms. The molecule has 0 fully saturated rings. The van der Waals surface area contributed by atoms with Crippen LogP contribution in [0.4, 0.5) is 0 Å². The van der Waals surface area contributed by atoms with E-state index >= 15 is 0 Å². The van der Waals surface area contributed by atoms with Crippen molar-refractivity contribution in [2.75, 3.05) is 27.4 Å². The zero-order valence-corrected chi connectivity index (χ0v) is 13.2. The molecule has 1 atom stereocenters. The van der Waals surface area contributed by atoms with E-state index in [2.05, 4.69) is 24.4 Å². The number of hydrogen-bond acceptors (Lipinski definition) is 4. The lowest BCUT2D eigenvalue weighted by atomic mass is 10.0. The molecular formula is C16H27NO3. The molecule has 1 rings (SSSR count). The quantitative estimate of drug-likeness (QED) is 0.707. The molecule has 4 nitrogen and oxygen atoms in total. The minimum atomic E-state index is 0.271. The van der Waals surface area contributed by atoms with Crippen molar-refractivity contribution in [2.24, 2.45) is 0 Å². The fourth-order valence-corrected chi connectivity index (χ4v) is 2.02. The molecule has 114 valence electrons. The Bertz CT molecular complexity index is 393. The molecule has 1 aromatic rings. The number of benzene rings is 1. The first-order chi connectivity index (χ1) is 9.58. The van der Waals surface area contributed by atoms with Crippen LogP contribution >= 0.6 is 0 Å². The number of nitrogens with one attached hydrogen (secondary N) is 1. The molecule has 0 spiro atoms. The van der Waals surface area contributed by atoms with E-state index in [1.54, 1.807) is 14.2 Å². The zero-order valence-electron chi connectivity index (χ0n) is 13.2. The molecule has 0 saturated heterocycles. The second kappa shape index (κ2) is 8.95. The maximum Gasteiger partial charge on any atom is 0.124 e. The first kappa shape index (κ1) is 17.0. The van der Waals surface area contributed by atoms with Crippen molar-refractivity contribution in [3.05, 3.63) is 29.3 Å². The van der Waals surface area contributed by atoms with Gasteiger partial charge >= 0.3 is 0 Å². The van der Waals surface area contributed by atoms with Crippen molar-refractivity contribution in [3.8, 4) is 5.75 Å². The van der Waals surface area contributed by atoms with Crippen molar-refractivity contribution >= 4 is 0 Å². The van der Waals surface area contributed by atoms with Crippen LogP contribution in [0.3, 0.4) is 0 Å². The van der Waals surface area contributed by atoms with Gasteiger partial charge < -0.3 is 19.5 Å². The Morgan fingerprint density at radius 3 is 2.50 bits per heavy atom. The van der Waals surface area contributed by atoms with Gasteiger partial charge in [0.2, 0.25) is 0 Å². The monoisotopic (exact) mass is 281 g/mol.